The van der Waals surface area contributed by atoms with E-state index in [1.54, 1.807) is 12.1 Å². The predicted molar refractivity (Wildman–Crippen MR) is 116 cm³/mol. The lowest BCUT2D eigenvalue weighted by Gasteiger charge is -2.32. The molecule has 1 saturated carbocycles. The molecule has 0 bridgehead atoms. The van der Waals surface area contributed by atoms with Gasteiger partial charge in [-0.05, 0) is 85.5 Å². The van der Waals surface area contributed by atoms with Crippen LogP contribution in [0.15, 0.2) is 48.7 Å². The molecule has 29 heavy (non-hydrogen) atoms. The van der Waals surface area contributed by atoms with Gasteiger partial charge in [0.1, 0.15) is 11.6 Å². The molecule has 0 aliphatic heterocycles. The maximum Gasteiger partial charge on any atom is 0.123 e. The molecule has 5 rings (SSSR count). The van der Waals surface area contributed by atoms with Crippen LogP contribution in [-0.4, -0.2) is 15.0 Å². The van der Waals surface area contributed by atoms with Gasteiger partial charge in [0.25, 0.3) is 0 Å². The van der Waals surface area contributed by atoms with Crippen molar-refractivity contribution in [2.45, 2.75) is 44.4 Å². The first-order valence-electron chi connectivity index (χ1n) is 10.3. The average molecular weight is 408 g/mol. The molecule has 1 unspecified atom stereocenters. The first-order valence-corrected chi connectivity index (χ1v) is 10.7. The van der Waals surface area contributed by atoms with E-state index in [4.69, 9.17) is 16.6 Å². The molecule has 148 valence electrons. The van der Waals surface area contributed by atoms with Crippen LogP contribution >= 0.6 is 11.6 Å². The zero-order valence-corrected chi connectivity index (χ0v) is 17.1. The highest BCUT2D eigenvalue weighted by molar-refractivity contribution is 6.31. The lowest BCUT2D eigenvalue weighted by atomic mass is 9.73. The second-order valence-corrected chi connectivity index (χ2v) is 8.68. The van der Waals surface area contributed by atoms with Gasteiger partial charge in [0.15, 0.2) is 0 Å². The lowest BCUT2D eigenvalue weighted by molar-refractivity contribution is 0.286. The predicted octanol–water partition coefficient (Wildman–Crippen LogP) is 6.98. The fraction of sp³-hybridized carbons (Fsp3) is 0.333. The minimum atomic E-state index is -0.195. The summed E-state index contributed by atoms with van der Waals surface area (Å²) in [6.45, 7) is 2.27. The normalized spacial score (nSPS) is 20.9. The van der Waals surface area contributed by atoms with E-state index >= 15 is 0 Å². The summed E-state index contributed by atoms with van der Waals surface area (Å²) in [6.07, 6.45) is 6.35. The van der Waals surface area contributed by atoms with Gasteiger partial charge in [-0.1, -0.05) is 18.5 Å². The Kier molecular flexibility index (Phi) is 4.75. The Hall–Kier alpha value is -2.46. The smallest absolute Gasteiger partial charge is 0.123 e. The van der Waals surface area contributed by atoms with Crippen molar-refractivity contribution in [1.29, 1.82) is 0 Å². The zero-order valence-electron chi connectivity index (χ0n) is 16.3. The first-order chi connectivity index (χ1) is 14.1. The lowest BCUT2D eigenvalue weighted by Crippen LogP contribution is -2.19. The Morgan fingerprint density at radius 1 is 1.03 bits per heavy atom. The van der Waals surface area contributed by atoms with Gasteiger partial charge in [0, 0.05) is 22.5 Å². The van der Waals surface area contributed by atoms with E-state index in [0.29, 0.717) is 17.8 Å². The van der Waals surface area contributed by atoms with Crippen LogP contribution in [0.3, 0.4) is 0 Å². The summed E-state index contributed by atoms with van der Waals surface area (Å²) in [4.78, 5) is 12.7. The highest BCUT2D eigenvalue weighted by atomic mass is 35.5. The van der Waals surface area contributed by atoms with Crippen LogP contribution < -0.4 is 0 Å². The largest absolute Gasteiger partial charge is 0.342 e. The monoisotopic (exact) mass is 407 g/mol. The standard InChI is InChI=1S/C24H23ClFN3/c1-14(24-28-22-8-6-17(25)12-23(22)29-24)15-2-4-16(5-3-15)19-10-11-27-21-9-7-18(26)13-20(19)21/h6-16H,2-5H2,1H3,(H,28,29)/t14?,15-,16+. The minimum absolute atomic E-state index is 0.195. The number of imidazole rings is 1. The number of hydrogen-bond acceptors (Lipinski definition) is 2. The molecule has 3 nitrogen and oxygen atoms in total. The van der Waals surface area contributed by atoms with Crippen molar-refractivity contribution in [1.82, 2.24) is 15.0 Å². The molecule has 5 heteroatoms. The molecule has 4 aromatic rings. The van der Waals surface area contributed by atoms with Gasteiger partial charge in [-0.25, -0.2) is 9.37 Å². The molecule has 1 aliphatic carbocycles. The number of halogens is 2. The van der Waals surface area contributed by atoms with Crippen molar-refractivity contribution in [3.63, 3.8) is 0 Å². The van der Waals surface area contributed by atoms with Crippen LogP contribution in [0.4, 0.5) is 4.39 Å². The van der Waals surface area contributed by atoms with Gasteiger partial charge >= 0.3 is 0 Å². The molecular formula is C24H23ClFN3. The highest BCUT2D eigenvalue weighted by Crippen LogP contribution is 2.43. The topological polar surface area (TPSA) is 41.6 Å². The molecule has 2 aromatic heterocycles. The fourth-order valence-corrected chi connectivity index (χ4v) is 5.04. The molecule has 0 saturated heterocycles. The van der Waals surface area contributed by atoms with Crippen molar-refractivity contribution in [2.24, 2.45) is 5.92 Å². The van der Waals surface area contributed by atoms with Crippen LogP contribution in [0.25, 0.3) is 21.9 Å². The molecule has 2 heterocycles. The van der Waals surface area contributed by atoms with E-state index in [1.807, 2.05) is 24.4 Å². The molecular weight excluding hydrogens is 385 g/mol. The van der Waals surface area contributed by atoms with E-state index in [0.717, 1.165) is 58.5 Å². The van der Waals surface area contributed by atoms with Crippen molar-refractivity contribution >= 4 is 33.5 Å². The van der Waals surface area contributed by atoms with Crippen LogP contribution in [-0.2, 0) is 0 Å². The number of nitrogens with one attached hydrogen (secondary N) is 1. The summed E-state index contributed by atoms with van der Waals surface area (Å²) in [5.74, 6) is 2.27. The average Bonchev–Trinajstić information content (AvgIpc) is 3.16. The van der Waals surface area contributed by atoms with E-state index < -0.39 is 0 Å². The maximum absolute atomic E-state index is 13.8. The molecule has 1 aliphatic rings. The van der Waals surface area contributed by atoms with Gasteiger partial charge in [-0.3, -0.25) is 4.98 Å². The number of aromatic nitrogens is 3. The quantitative estimate of drug-likeness (QED) is 0.398. The van der Waals surface area contributed by atoms with Crippen LogP contribution in [0.5, 0.6) is 0 Å². The number of benzene rings is 2. The summed E-state index contributed by atoms with van der Waals surface area (Å²) < 4.78 is 13.8. The fourth-order valence-electron chi connectivity index (χ4n) is 4.87. The Labute approximate surface area is 174 Å². The number of hydrogen-bond donors (Lipinski definition) is 1. The zero-order chi connectivity index (χ0) is 20.0. The summed E-state index contributed by atoms with van der Waals surface area (Å²) in [5.41, 5.74) is 4.08. The van der Waals surface area contributed by atoms with Crippen LogP contribution in [0.2, 0.25) is 5.02 Å². The van der Waals surface area contributed by atoms with Crippen molar-refractivity contribution < 1.29 is 4.39 Å². The molecule has 0 radical (unpaired) electrons. The number of aromatic amines is 1. The summed E-state index contributed by atoms with van der Waals surface area (Å²) in [5, 5.41) is 1.68. The van der Waals surface area contributed by atoms with Crippen molar-refractivity contribution in [3.05, 3.63) is 70.9 Å². The second kappa shape index (κ2) is 7.42. The molecule has 1 fully saturated rings. The number of rotatable bonds is 3. The number of nitrogens with zero attached hydrogens (tertiary/aromatic N) is 2. The first kappa shape index (κ1) is 18.6. The van der Waals surface area contributed by atoms with E-state index in [2.05, 4.69) is 23.0 Å². The van der Waals surface area contributed by atoms with Gasteiger partial charge in [0.2, 0.25) is 0 Å². The van der Waals surface area contributed by atoms with Gasteiger partial charge in [-0.15, -0.1) is 0 Å². The summed E-state index contributed by atoms with van der Waals surface area (Å²) in [6, 6.07) is 12.7. The van der Waals surface area contributed by atoms with Gasteiger partial charge in [0.05, 0.1) is 16.6 Å². The van der Waals surface area contributed by atoms with E-state index in [9.17, 15) is 4.39 Å². The Morgan fingerprint density at radius 3 is 2.66 bits per heavy atom. The third-order valence-corrected chi connectivity index (χ3v) is 6.78. The third-order valence-electron chi connectivity index (χ3n) is 6.55. The number of fused-ring (bicyclic) bond motifs is 2. The molecule has 1 N–H and O–H groups in total. The molecule has 2 aromatic carbocycles. The van der Waals surface area contributed by atoms with Gasteiger partial charge in [-0.2, -0.15) is 0 Å². The molecule has 1 atom stereocenters. The summed E-state index contributed by atoms with van der Waals surface area (Å²) >= 11 is 6.11. The van der Waals surface area contributed by atoms with Crippen molar-refractivity contribution in [2.75, 3.05) is 0 Å². The van der Waals surface area contributed by atoms with E-state index in [-0.39, 0.29) is 5.82 Å². The Bertz CT molecular complexity index is 1180. The van der Waals surface area contributed by atoms with Crippen LogP contribution in [0, 0.1) is 11.7 Å². The Morgan fingerprint density at radius 2 is 1.83 bits per heavy atom. The Balaban J connectivity index is 1.34. The third kappa shape index (κ3) is 3.51. The number of H-pyrrole nitrogens is 1. The van der Waals surface area contributed by atoms with Crippen LogP contribution in [0.1, 0.15) is 55.8 Å². The van der Waals surface area contributed by atoms with Crippen molar-refractivity contribution in [3.8, 4) is 0 Å². The maximum atomic E-state index is 13.8. The SMILES string of the molecule is CC(c1nc2ccc(Cl)cc2[nH]1)[C@H]1CC[C@@H](c2ccnc3ccc(F)cc32)CC1. The minimum Gasteiger partial charge on any atom is -0.342 e. The van der Waals surface area contributed by atoms with Gasteiger partial charge < -0.3 is 4.98 Å². The second-order valence-electron chi connectivity index (χ2n) is 8.25. The molecule has 0 amide bonds. The van der Waals surface area contributed by atoms with E-state index in [1.165, 1.54) is 11.6 Å². The summed E-state index contributed by atoms with van der Waals surface area (Å²) in [7, 11) is 0. The molecule has 0 spiro atoms. The highest BCUT2D eigenvalue weighted by Gasteiger charge is 2.29. The number of pyridine rings is 1.